The van der Waals surface area contributed by atoms with Crippen LogP contribution in [0.5, 0.6) is 0 Å². The van der Waals surface area contributed by atoms with Gasteiger partial charge in [0, 0.05) is 23.1 Å². The average molecular weight is 463 g/mol. The Kier molecular flexibility index (Phi) is 5.64. The van der Waals surface area contributed by atoms with E-state index < -0.39 is 10.2 Å². The van der Waals surface area contributed by atoms with Gasteiger partial charge in [0.2, 0.25) is 0 Å². The summed E-state index contributed by atoms with van der Waals surface area (Å²) >= 11 is 6.79. The summed E-state index contributed by atoms with van der Waals surface area (Å²) in [6, 6.07) is 10.3. The minimum atomic E-state index is -0.676. The van der Waals surface area contributed by atoms with Gasteiger partial charge in [0.25, 0.3) is 0 Å². The van der Waals surface area contributed by atoms with Crippen molar-refractivity contribution in [3.63, 3.8) is 0 Å². The number of nitrogens with zero attached hydrogens (tertiary/aromatic N) is 2. The molecule has 1 aliphatic carbocycles. The standard InChI is InChI=1S/C20H19BrN2O2S2/c1-25-23-17-7-3-13-11-15(5-6-16(13)17)20(26-9-2-10-27-20)19(24)14-4-8-18(21)22-12-14/h2,4-6,8-9,11-12,19,24H,3,7,10H2,1H3. The molecule has 0 bridgehead atoms. The van der Waals surface area contributed by atoms with E-state index in [2.05, 4.69) is 55.8 Å². The first-order chi connectivity index (χ1) is 13.1. The van der Waals surface area contributed by atoms with Crippen LogP contribution in [0, 0.1) is 0 Å². The van der Waals surface area contributed by atoms with Gasteiger partial charge in [-0.1, -0.05) is 35.5 Å². The van der Waals surface area contributed by atoms with Gasteiger partial charge >= 0.3 is 0 Å². The molecule has 0 spiro atoms. The molecule has 0 fully saturated rings. The molecule has 0 saturated carbocycles. The van der Waals surface area contributed by atoms with Crippen LogP contribution in [-0.4, -0.2) is 28.7 Å². The van der Waals surface area contributed by atoms with Gasteiger partial charge in [-0.05, 0) is 51.4 Å². The zero-order chi connectivity index (χ0) is 18.9. The van der Waals surface area contributed by atoms with E-state index >= 15 is 0 Å². The molecular formula is C20H19BrN2O2S2. The van der Waals surface area contributed by atoms with Crippen LogP contribution in [0.25, 0.3) is 0 Å². The second kappa shape index (κ2) is 7.99. The molecule has 0 saturated heterocycles. The number of aliphatic hydroxyl groups excluding tert-OH is 1. The summed E-state index contributed by atoms with van der Waals surface area (Å²) in [7, 11) is 1.58. The van der Waals surface area contributed by atoms with Crippen LogP contribution in [0.1, 0.15) is 34.8 Å². The van der Waals surface area contributed by atoms with Crippen LogP contribution in [0.15, 0.2) is 57.8 Å². The lowest BCUT2D eigenvalue weighted by Crippen LogP contribution is -2.28. The molecule has 2 heterocycles. The average Bonchev–Trinajstić information content (AvgIpc) is 3.11. The molecule has 2 unspecified atom stereocenters. The fourth-order valence-electron chi connectivity index (χ4n) is 3.51. The normalized spacial score (nSPS) is 24.0. The van der Waals surface area contributed by atoms with Crippen LogP contribution in [0.2, 0.25) is 0 Å². The summed E-state index contributed by atoms with van der Waals surface area (Å²) in [5, 5.41) is 17.6. The monoisotopic (exact) mass is 462 g/mol. The molecule has 1 N–H and O–H groups in total. The Labute approximate surface area is 175 Å². The van der Waals surface area contributed by atoms with Crippen molar-refractivity contribution < 1.29 is 9.94 Å². The number of hydrogen-bond acceptors (Lipinski definition) is 6. The second-order valence-corrected chi connectivity index (χ2v) is 9.87. The van der Waals surface area contributed by atoms with Crippen molar-refractivity contribution in [2.45, 2.75) is 23.0 Å². The van der Waals surface area contributed by atoms with Gasteiger partial charge in [-0.25, -0.2) is 4.98 Å². The molecule has 2 aliphatic rings. The molecule has 4 rings (SSSR count). The Hall–Kier alpha value is -1.28. The third-order valence-corrected chi connectivity index (χ3v) is 8.31. The summed E-state index contributed by atoms with van der Waals surface area (Å²) in [5.41, 5.74) is 5.34. The van der Waals surface area contributed by atoms with Gasteiger partial charge < -0.3 is 9.94 Å². The van der Waals surface area contributed by atoms with Gasteiger partial charge in [-0.15, -0.1) is 23.5 Å². The number of thioether (sulfide) groups is 2. The highest BCUT2D eigenvalue weighted by Gasteiger charge is 2.43. The Morgan fingerprint density at radius 2 is 2.19 bits per heavy atom. The molecule has 2 atom stereocenters. The Morgan fingerprint density at radius 1 is 1.30 bits per heavy atom. The van der Waals surface area contributed by atoms with Crippen molar-refractivity contribution >= 4 is 45.2 Å². The summed E-state index contributed by atoms with van der Waals surface area (Å²) in [6.07, 6.45) is 5.04. The first kappa shape index (κ1) is 19.1. The number of benzene rings is 1. The van der Waals surface area contributed by atoms with Gasteiger partial charge in [0.15, 0.2) is 0 Å². The van der Waals surface area contributed by atoms with E-state index in [1.165, 1.54) is 5.56 Å². The van der Waals surface area contributed by atoms with Crippen molar-refractivity contribution in [1.29, 1.82) is 0 Å². The Morgan fingerprint density at radius 3 is 2.89 bits per heavy atom. The zero-order valence-electron chi connectivity index (χ0n) is 14.8. The summed E-state index contributed by atoms with van der Waals surface area (Å²) in [4.78, 5) is 9.27. The molecule has 140 valence electrons. The maximum Gasteiger partial charge on any atom is 0.120 e. The van der Waals surface area contributed by atoms with Crippen molar-refractivity contribution in [3.05, 3.63) is 74.9 Å². The number of aryl methyl sites for hydroxylation is 1. The van der Waals surface area contributed by atoms with Crippen molar-refractivity contribution in [3.8, 4) is 0 Å². The molecule has 1 aliphatic heterocycles. The molecule has 1 aromatic carbocycles. The number of aromatic nitrogens is 1. The number of oxime groups is 1. The highest BCUT2D eigenvalue weighted by Crippen LogP contribution is 2.57. The summed E-state index contributed by atoms with van der Waals surface area (Å²) in [5.74, 6) is 0.863. The fourth-order valence-corrected chi connectivity index (χ4v) is 6.46. The van der Waals surface area contributed by atoms with Gasteiger partial charge in [0.1, 0.15) is 21.9 Å². The minimum Gasteiger partial charge on any atom is -0.399 e. The highest BCUT2D eigenvalue weighted by atomic mass is 79.9. The number of hydrogen-bond donors (Lipinski definition) is 1. The number of halogens is 1. The van der Waals surface area contributed by atoms with Crippen molar-refractivity contribution in [2.24, 2.45) is 5.16 Å². The molecule has 1 aromatic heterocycles. The molecule has 27 heavy (non-hydrogen) atoms. The second-order valence-electron chi connectivity index (χ2n) is 6.38. The Bertz CT molecular complexity index is 901. The minimum absolute atomic E-state index is 0.500. The molecule has 0 radical (unpaired) electrons. The van der Waals surface area contributed by atoms with Crippen LogP contribution >= 0.6 is 39.5 Å². The number of aliphatic hydroxyl groups is 1. The molecule has 2 aromatic rings. The van der Waals surface area contributed by atoms with E-state index in [0.29, 0.717) is 0 Å². The topological polar surface area (TPSA) is 54.7 Å². The summed E-state index contributed by atoms with van der Waals surface area (Å²) < 4.78 is 0.263. The van der Waals surface area contributed by atoms with E-state index in [0.717, 1.165) is 45.6 Å². The van der Waals surface area contributed by atoms with Crippen LogP contribution < -0.4 is 0 Å². The van der Waals surface area contributed by atoms with E-state index in [1.807, 2.05) is 12.1 Å². The van der Waals surface area contributed by atoms with Gasteiger partial charge in [0.05, 0.1) is 5.71 Å². The van der Waals surface area contributed by atoms with Crippen molar-refractivity contribution in [1.82, 2.24) is 4.98 Å². The van der Waals surface area contributed by atoms with E-state index in [9.17, 15) is 5.11 Å². The lowest BCUT2D eigenvalue weighted by Gasteiger charge is -2.38. The molecular weight excluding hydrogens is 444 g/mol. The zero-order valence-corrected chi connectivity index (χ0v) is 18.0. The Balaban J connectivity index is 1.76. The lowest BCUT2D eigenvalue weighted by molar-refractivity contribution is 0.163. The smallest absolute Gasteiger partial charge is 0.120 e. The van der Waals surface area contributed by atoms with Crippen LogP contribution in [-0.2, 0) is 15.3 Å². The number of pyridine rings is 1. The summed E-state index contributed by atoms with van der Waals surface area (Å²) in [6.45, 7) is 0. The quantitative estimate of drug-likeness (QED) is 0.510. The lowest BCUT2D eigenvalue weighted by atomic mass is 9.98. The first-order valence-corrected chi connectivity index (χ1v) is 11.3. The maximum absolute atomic E-state index is 11.4. The maximum atomic E-state index is 11.4. The first-order valence-electron chi connectivity index (χ1n) is 8.64. The van der Waals surface area contributed by atoms with Crippen molar-refractivity contribution in [2.75, 3.05) is 12.9 Å². The number of fused-ring (bicyclic) bond motifs is 1. The van der Waals surface area contributed by atoms with Gasteiger partial charge in [-0.2, -0.15) is 0 Å². The van der Waals surface area contributed by atoms with E-state index in [-0.39, 0.29) is 0 Å². The SMILES string of the molecule is CON=C1CCc2cc(C3(C(O)c4ccc(Br)nc4)SC=CCS3)ccc21. The van der Waals surface area contributed by atoms with Crippen LogP contribution in [0.3, 0.4) is 0 Å². The van der Waals surface area contributed by atoms with Gasteiger partial charge in [-0.3, -0.25) is 0 Å². The third-order valence-electron chi connectivity index (χ3n) is 4.81. The van der Waals surface area contributed by atoms with E-state index in [4.69, 9.17) is 4.84 Å². The number of rotatable bonds is 4. The predicted molar refractivity (Wildman–Crippen MR) is 116 cm³/mol. The predicted octanol–water partition coefficient (Wildman–Crippen LogP) is 5.02. The van der Waals surface area contributed by atoms with E-state index in [1.54, 1.807) is 36.8 Å². The highest BCUT2D eigenvalue weighted by molar-refractivity contribution is 9.10. The largest absolute Gasteiger partial charge is 0.399 e. The molecule has 7 heteroatoms. The third kappa shape index (κ3) is 3.58. The molecule has 0 amide bonds. The van der Waals surface area contributed by atoms with Crippen LogP contribution in [0.4, 0.5) is 0 Å². The molecule has 4 nitrogen and oxygen atoms in total. The fraction of sp³-hybridized carbons (Fsp3) is 0.300.